The first kappa shape index (κ1) is 8.49. The Morgan fingerprint density at radius 1 is 1.33 bits per heavy atom. The molecule has 1 aromatic carbocycles. The molecule has 3 heteroatoms. The van der Waals surface area contributed by atoms with Gasteiger partial charge < -0.3 is 0 Å². The number of hydrogen-bond donors (Lipinski definition) is 2. The van der Waals surface area contributed by atoms with Gasteiger partial charge in [0.25, 0.3) is 0 Å². The van der Waals surface area contributed by atoms with Crippen molar-refractivity contribution in [3.63, 3.8) is 0 Å². The molecule has 0 aliphatic heterocycles. The maximum Gasteiger partial charge on any atom is 0.152 e. The van der Waals surface area contributed by atoms with E-state index in [1.165, 1.54) is 6.20 Å². The van der Waals surface area contributed by atoms with Crippen LogP contribution in [0.1, 0.15) is 5.56 Å². The minimum absolute atomic E-state index is 0.415. The molecular formula is C9H9NO2. The molecule has 0 spiro atoms. The van der Waals surface area contributed by atoms with Crippen LogP contribution in [-0.4, -0.2) is 11.5 Å². The summed E-state index contributed by atoms with van der Waals surface area (Å²) in [6.07, 6.45) is 1.92. The van der Waals surface area contributed by atoms with Crippen molar-refractivity contribution in [3.05, 3.63) is 42.1 Å². The first-order chi connectivity index (χ1) is 5.88. The summed E-state index contributed by atoms with van der Waals surface area (Å²) in [5.74, 6) is 0. The topological polar surface area (TPSA) is 49.3 Å². The summed E-state index contributed by atoms with van der Waals surface area (Å²) in [6, 6.07) is 9.08. The fraction of sp³-hybridized carbons (Fsp3) is 0. The van der Waals surface area contributed by atoms with Crippen molar-refractivity contribution in [2.45, 2.75) is 0 Å². The van der Waals surface area contributed by atoms with E-state index in [2.05, 4.69) is 0 Å². The molecule has 1 rings (SSSR count). The van der Waals surface area contributed by atoms with Crippen LogP contribution in [0, 0.1) is 0 Å². The largest absolute Gasteiger partial charge is 0.298 e. The Morgan fingerprint density at radius 3 is 2.50 bits per heavy atom. The van der Waals surface area contributed by atoms with Crippen LogP contribution in [0.5, 0.6) is 0 Å². The van der Waals surface area contributed by atoms with Crippen molar-refractivity contribution < 1.29 is 10.0 Å². The minimum atomic E-state index is 0.415. The number of rotatable bonds is 3. The van der Waals surface area contributed by atoms with Crippen molar-refractivity contribution in [1.29, 1.82) is 0 Å². The van der Waals surface area contributed by atoms with Crippen molar-refractivity contribution in [1.82, 2.24) is 5.48 Å². The molecule has 2 N–H and O–H groups in total. The Morgan fingerprint density at radius 2 is 2.00 bits per heavy atom. The van der Waals surface area contributed by atoms with Gasteiger partial charge in [-0.3, -0.25) is 15.5 Å². The molecule has 0 aliphatic rings. The van der Waals surface area contributed by atoms with Crippen LogP contribution < -0.4 is 5.48 Å². The zero-order valence-electron chi connectivity index (χ0n) is 6.40. The van der Waals surface area contributed by atoms with Crippen LogP contribution in [0.2, 0.25) is 0 Å². The average Bonchev–Trinajstić information content (AvgIpc) is 2.15. The summed E-state index contributed by atoms with van der Waals surface area (Å²) < 4.78 is 0. The highest BCUT2D eigenvalue weighted by Crippen LogP contribution is 2.09. The van der Waals surface area contributed by atoms with Crippen LogP contribution >= 0.6 is 0 Å². The summed E-state index contributed by atoms with van der Waals surface area (Å²) in [7, 11) is 0. The van der Waals surface area contributed by atoms with Gasteiger partial charge in [0.05, 0.1) is 0 Å². The van der Waals surface area contributed by atoms with Gasteiger partial charge in [-0.25, -0.2) is 0 Å². The lowest BCUT2D eigenvalue weighted by Crippen LogP contribution is -1.97. The summed E-state index contributed by atoms with van der Waals surface area (Å²) in [6.45, 7) is 0. The Hall–Kier alpha value is -1.61. The molecular weight excluding hydrogens is 154 g/mol. The molecule has 0 radical (unpaired) electrons. The predicted octanol–water partition coefficient (Wildman–Crippen LogP) is 1.21. The first-order valence-corrected chi connectivity index (χ1v) is 3.49. The second-order valence-electron chi connectivity index (χ2n) is 2.21. The third kappa shape index (κ3) is 1.93. The normalized spacial score (nSPS) is 10.9. The van der Waals surface area contributed by atoms with E-state index in [4.69, 9.17) is 5.21 Å². The zero-order chi connectivity index (χ0) is 8.81. The summed E-state index contributed by atoms with van der Waals surface area (Å²) >= 11 is 0. The summed E-state index contributed by atoms with van der Waals surface area (Å²) in [5, 5.41) is 8.34. The van der Waals surface area contributed by atoms with Crippen molar-refractivity contribution >= 4 is 11.9 Å². The number of aldehydes is 1. The number of carbonyl (C=O) groups excluding carboxylic acids is 1. The number of hydrogen-bond acceptors (Lipinski definition) is 3. The van der Waals surface area contributed by atoms with Gasteiger partial charge >= 0.3 is 0 Å². The monoisotopic (exact) mass is 163 g/mol. The molecule has 0 fully saturated rings. The molecule has 0 saturated heterocycles. The second kappa shape index (κ2) is 4.31. The van der Waals surface area contributed by atoms with Crippen LogP contribution in [0.15, 0.2) is 36.5 Å². The quantitative estimate of drug-likeness (QED) is 0.400. The second-order valence-corrected chi connectivity index (χ2v) is 2.21. The number of allylic oxidation sites excluding steroid dienone is 1. The van der Waals surface area contributed by atoms with Gasteiger partial charge in [-0.15, -0.1) is 0 Å². The number of benzene rings is 1. The van der Waals surface area contributed by atoms with Gasteiger partial charge in [-0.1, -0.05) is 30.3 Å². The van der Waals surface area contributed by atoms with Crippen LogP contribution in [0.25, 0.3) is 5.57 Å². The van der Waals surface area contributed by atoms with E-state index in [9.17, 15) is 4.79 Å². The third-order valence-electron chi connectivity index (χ3n) is 1.45. The van der Waals surface area contributed by atoms with Crippen molar-refractivity contribution in [3.8, 4) is 0 Å². The first-order valence-electron chi connectivity index (χ1n) is 3.49. The van der Waals surface area contributed by atoms with Gasteiger partial charge in [0.15, 0.2) is 6.29 Å². The number of carbonyl (C=O) groups is 1. The lowest BCUT2D eigenvalue weighted by atomic mass is 10.1. The highest BCUT2D eigenvalue weighted by atomic mass is 16.5. The summed E-state index contributed by atoms with van der Waals surface area (Å²) in [5.41, 5.74) is 3.01. The molecule has 12 heavy (non-hydrogen) atoms. The van der Waals surface area contributed by atoms with Crippen LogP contribution in [0.3, 0.4) is 0 Å². The standard InChI is InChI=1S/C9H9NO2/c11-7-9(6-10-12)8-4-2-1-3-5-8/h1-7,10,12H. The average molecular weight is 163 g/mol. The maximum absolute atomic E-state index is 10.5. The molecule has 0 amide bonds. The van der Waals surface area contributed by atoms with E-state index in [0.29, 0.717) is 11.9 Å². The fourth-order valence-electron chi connectivity index (χ4n) is 0.886. The molecule has 0 aliphatic carbocycles. The predicted molar refractivity (Wildman–Crippen MR) is 45.4 cm³/mol. The van der Waals surface area contributed by atoms with Gasteiger partial charge in [0.2, 0.25) is 0 Å². The molecule has 0 saturated carbocycles. The number of nitrogens with one attached hydrogen (secondary N) is 1. The van der Waals surface area contributed by atoms with Crippen molar-refractivity contribution in [2.75, 3.05) is 0 Å². The van der Waals surface area contributed by atoms with E-state index in [-0.39, 0.29) is 0 Å². The SMILES string of the molecule is O=CC(=CNO)c1ccccc1. The molecule has 0 bridgehead atoms. The van der Waals surface area contributed by atoms with Gasteiger partial charge in [-0.05, 0) is 5.56 Å². The van der Waals surface area contributed by atoms with E-state index in [1.54, 1.807) is 12.1 Å². The van der Waals surface area contributed by atoms with Crippen LogP contribution in [0.4, 0.5) is 0 Å². The van der Waals surface area contributed by atoms with Gasteiger partial charge in [0, 0.05) is 11.8 Å². The molecule has 3 nitrogen and oxygen atoms in total. The van der Waals surface area contributed by atoms with E-state index >= 15 is 0 Å². The third-order valence-corrected chi connectivity index (χ3v) is 1.45. The molecule has 0 atom stereocenters. The zero-order valence-corrected chi connectivity index (χ0v) is 6.40. The molecule has 1 aromatic rings. The molecule has 0 aromatic heterocycles. The van der Waals surface area contributed by atoms with E-state index in [1.807, 2.05) is 23.7 Å². The van der Waals surface area contributed by atoms with Gasteiger partial charge in [-0.2, -0.15) is 0 Å². The summed E-state index contributed by atoms with van der Waals surface area (Å²) in [4.78, 5) is 10.5. The fourth-order valence-corrected chi connectivity index (χ4v) is 0.886. The Kier molecular flexibility index (Phi) is 3.04. The molecule has 0 heterocycles. The van der Waals surface area contributed by atoms with E-state index < -0.39 is 0 Å². The van der Waals surface area contributed by atoms with Crippen molar-refractivity contribution in [2.24, 2.45) is 0 Å². The lowest BCUT2D eigenvalue weighted by Gasteiger charge is -1.97. The molecule has 62 valence electrons. The highest BCUT2D eigenvalue weighted by Gasteiger charge is 1.96. The highest BCUT2D eigenvalue weighted by molar-refractivity contribution is 6.06. The maximum atomic E-state index is 10.5. The Balaban J connectivity index is 2.96. The molecule has 0 unspecified atom stereocenters. The smallest absolute Gasteiger partial charge is 0.152 e. The van der Waals surface area contributed by atoms with Crippen LogP contribution in [-0.2, 0) is 4.79 Å². The minimum Gasteiger partial charge on any atom is -0.298 e. The van der Waals surface area contributed by atoms with E-state index in [0.717, 1.165) is 5.56 Å². The number of hydroxylamine groups is 1. The Labute approximate surface area is 70.3 Å². The van der Waals surface area contributed by atoms with Gasteiger partial charge in [0.1, 0.15) is 0 Å². The Bertz CT molecular complexity index is 280. The lowest BCUT2D eigenvalue weighted by molar-refractivity contribution is -0.103.